The zero-order valence-corrected chi connectivity index (χ0v) is 10.6. The lowest BCUT2D eigenvalue weighted by Gasteiger charge is -2.07. The third-order valence-electron chi connectivity index (χ3n) is 1.79. The van der Waals surface area contributed by atoms with Crippen molar-refractivity contribution < 1.29 is 9.47 Å². The molecule has 0 bridgehead atoms. The molecule has 0 amide bonds. The minimum Gasteiger partial charge on any atom is -0.393 e. The van der Waals surface area contributed by atoms with Crippen LogP contribution in [0.1, 0.15) is 33.1 Å². The SMILES string of the molecule is CC(C)COCCOCCCCC(N)=S. The van der Waals surface area contributed by atoms with Gasteiger partial charge in [-0.3, -0.25) is 0 Å². The van der Waals surface area contributed by atoms with Crippen molar-refractivity contribution in [3.63, 3.8) is 0 Å². The van der Waals surface area contributed by atoms with Crippen molar-refractivity contribution in [1.82, 2.24) is 0 Å². The fraction of sp³-hybridized carbons (Fsp3) is 0.909. The van der Waals surface area contributed by atoms with Crippen LogP contribution in [0, 0.1) is 5.92 Å². The van der Waals surface area contributed by atoms with Crippen LogP contribution in [-0.4, -0.2) is 31.4 Å². The lowest BCUT2D eigenvalue weighted by molar-refractivity contribution is 0.0368. The topological polar surface area (TPSA) is 44.5 Å². The maximum Gasteiger partial charge on any atom is 0.0727 e. The molecule has 0 aromatic heterocycles. The number of ether oxygens (including phenoxy) is 2. The van der Waals surface area contributed by atoms with Gasteiger partial charge in [0.1, 0.15) is 0 Å². The molecule has 0 unspecified atom stereocenters. The standard InChI is InChI=1S/C11H23NO2S/c1-10(2)9-14-8-7-13-6-4-3-5-11(12)15/h10H,3-9H2,1-2H3,(H2,12,15). The van der Waals surface area contributed by atoms with E-state index in [1.165, 1.54) is 0 Å². The second-order valence-corrected chi connectivity index (χ2v) is 4.53. The number of hydrogen-bond donors (Lipinski definition) is 1. The number of unbranched alkanes of at least 4 members (excludes halogenated alkanes) is 1. The third kappa shape index (κ3) is 13.8. The highest BCUT2D eigenvalue weighted by atomic mass is 32.1. The van der Waals surface area contributed by atoms with Crippen LogP contribution in [0.25, 0.3) is 0 Å². The second kappa shape index (κ2) is 10.3. The quantitative estimate of drug-likeness (QED) is 0.464. The second-order valence-electron chi connectivity index (χ2n) is 4.00. The molecule has 0 fully saturated rings. The molecule has 2 N–H and O–H groups in total. The van der Waals surface area contributed by atoms with Crippen LogP contribution in [0.2, 0.25) is 0 Å². The summed E-state index contributed by atoms with van der Waals surface area (Å²) in [5.41, 5.74) is 5.37. The van der Waals surface area contributed by atoms with E-state index in [-0.39, 0.29) is 0 Å². The number of hydrogen-bond acceptors (Lipinski definition) is 3. The average molecular weight is 233 g/mol. The first-order valence-electron chi connectivity index (χ1n) is 5.56. The Morgan fingerprint density at radius 2 is 1.80 bits per heavy atom. The lowest BCUT2D eigenvalue weighted by Crippen LogP contribution is -2.10. The van der Waals surface area contributed by atoms with Gasteiger partial charge in [0.05, 0.1) is 18.2 Å². The van der Waals surface area contributed by atoms with E-state index in [1.54, 1.807) is 0 Å². The molecule has 0 atom stereocenters. The normalized spacial score (nSPS) is 10.9. The highest BCUT2D eigenvalue weighted by Gasteiger charge is 1.94. The summed E-state index contributed by atoms with van der Waals surface area (Å²) < 4.78 is 10.8. The summed E-state index contributed by atoms with van der Waals surface area (Å²) in [4.78, 5) is 0.593. The van der Waals surface area contributed by atoms with E-state index >= 15 is 0 Å². The zero-order chi connectivity index (χ0) is 11.5. The van der Waals surface area contributed by atoms with Crippen molar-refractivity contribution in [3.8, 4) is 0 Å². The van der Waals surface area contributed by atoms with Crippen LogP contribution in [0.5, 0.6) is 0 Å². The van der Waals surface area contributed by atoms with Crippen molar-refractivity contribution in [1.29, 1.82) is 0 Å². The Hall–Kier alpha value is -0.190. The molecule has 0 radical (unpaired) electrons. The molecule has 15 heavy (non-hydrogen) atoms. The Balaban J connectivity index is 2.96. The van der Waals surface area contributed by atoms with Crippen molar-refractivity contribution in [2.45, 2.75) is 33.1 Å². The molecule has 0 spiro atoms. The molecule has 0 heterocycles. The van der Waals surface area contributed by atoms with E-state index in [1.807, 2.05) is 0 Å². The molecule has 0 saturated heterocycles. The van der Waals surface area contributed by atoms with Gasteiger partial charge in [0.25, 0.3) is 0 Å². The monoisotopic (exact) mass is 233 g/mol. The first-order chi connectivity index (χ1) is 7.13. The van der Waals surface area contributed by atoms with E-state index in [9.17, 15) is 0 Å². The van der Waals surface area contributed by atoms with Crippen molar-refractivity contribution in [2.75, 3.05) is 26.4 Å². The van der Waals surface area contributed by atoms with Crippen LogP contribution in [-0.2, 0) is 9.47 Å². The van der Waals surface area contributed by atoms with Gasteiger partial charge >= 0.3 is 0 Å². The molecule has 0 aliphatic rings. The Kier molecular flexibility index (Phi) is 10.2. The van der Waals surface area contributed by atoms with Crippen molar-refractivity contribution in [3.05, 3.63) is 0 Å². The van der Waals surface area contributed by atoms with Gasteiger partial charge in [-0.05, 0) is 25.2 Å². The average Bonchev–Trinajstić information content (AvgIpc) is 2.14. The van der Waals surface area contributed by atoms with Crippen LogP contribution < -0.4 is 5.73 Å². The lowest BCUT2D eigenvalue weighted by atomic mass is 10.2. The highest BCUT2D eigenvalue weighted by molar-refractivity contribution is 7.80. The summed E-state index contributed by atoms with van der Waals surface area (Å²) in [6, 6.07) is 0. The Labute approximate surface area is 98.3 Å². The number of thiocarbonyl (C=S) groups is 1. The van der Waals surface area contributed by atoms with Crippen molar-refractivity contribution in [2.24, 2.45) is 11.7 Å². The molecule has 0 aromatic carbocycles. The molecule has 0 aromatic rings. The maximum absolute atomic E-state index is 5.39. The predicted octanol–water partition coefficient (Wildman–Crippen LogP) is 2.13. The summed E-state index contributed by atoms with van der Waals surface area (Å²) in [5.74, 6) is 0.593. The summed E-state index contributed by atoms with van der Waals surface area (Å²) in [7, 11) is 0. The van der Waals surface area contributed by atoms with E-state index < -0.39 is 0 Å². The van der Waals surface area contributed by atoms with E-state index in [2.05, 4.69) is 13.8 Å². The zero-order valence-electron chi connectivity index (χ0n) is 9.83. The Bertz CT molecular complexity index is 163. The van der Waals surface area contributed by atoms with E-state index in [4.69, 9.17) is 27.4 Å². The van der Waals surface area contributed by atoms with Gasteiger partial charge in [-0.15, -0.1) is 0 Å². The van der Waals surface area contributed by atoms with E-state index in [0.717, 1.165) is 32.5 Å². The van der Waals surface area contributed by atoms with Crippen LogP contribution in [0.15, 0.2) is 0 Å². The first kappa shape index (κ1) is 14.8. The van der Waals surface area contributed by atoms with Crippen LogP contribution in [0.4, 0.5) is 0 Å². The minimum absolute atomic E-state index is 0.593. The molecule has 4 heteroatoms. The molecule has 0 aliphatic heterocycles. The largest absolute Gasteiger partial charge is 0.393 e. The predicted molar refractivity (Wildman–Crippen MR) is 67.1 cm³/mol. The summed E-state index contributed by atoms with van der Waals surface area (Å²) >= 11 is 4.77. The molecule has 90 valence electrons. The van der Waals surface area contributed by atoms with Gasteiger partial charge in [-0.1, -0.05) is 26.1 Å². The molecular formula is C11H23NO2S. The molecule has 3 nitrogen and oxygen atoms in total. The summed E-state index contributed by atoms with van der Waals surface area (Å²) in [5, 5.41) is 0. The highest BCUT2D eigenvalue weighted by Crippen LogP contribution is 1.96. The maximum atomic E-state index is 5.39. The number of nitrogens with two attached hydrogens (primary N) is 1. The molecule has 0 rings (SSSR count). The smallest absolute Gasteiger partial charge is 0.0727 e. The molecule has 0 saturated carbocycles. The van der Waals surface area contributed by atoms with Gasteiger partial charge in [0, 0.05) is 13.2 Å². The fourth-order valence-corrected chi connectivity index (χ4v) is 1.19. The fourth-order valence-electron chi connectivity index (χ4n) is 1.04. The Morgan fingerprint density at radius 3 is 2.40 bits per heavy atom. The van der Waals surface area contributed by atoms with E-state index in [0.29, 0.717) is 24.1 Å². The van der Waals surface area contributed by atoms with Gasteiger partial charge in [0.15, 0.2) is 0 Å². The van der Waals surface area contributed by atoms with Crippen LogP contribution in [0.3, 0.4) is 0 Å². The van der Waals surface area contributed by atoms with Crippen LogP contribution >= 0.6 is 12.2 Å². The molecule has 0 aliphatic carbocycles. The minimum atomic E-state index is 0.593. The first-order valence-corrected chi connectivity index (χ1v) is 5.97. The van der Waals surface area contributed by atoms with Crippen molar-refractivity contribution >= 4 is 17.2 Å². The summed E-state index contributed by atoms with van der Waals surface area (Å²) in [6.07, 6.45) is 2.85. The van der Waals surface area contributed by atoms with Gasteiger partial charge < -0.3 is 15.2 Å². The third-order valence-corrected chi connectivity index (χ3v) is 1.99. The number of rotatable bonds is 10. The summed E-state index contributed by atoms with van der Waals surface area (Å²) in [6.45, 7) is 7.22. The van der Waals surface area contributed by atoms with Gasteiger partial charge in [-0.2, -0.15) is 0 Å². The Morgan fingerprint density at radius 1 is 1.13 bits per heavy atom. The van der Waals surface area contributed by atoms with Gasteiger partial charge in [-0.25, -0.2) is 0 Å². The molecular weight excluding hydrogens is 210 g/mol. The van der Waals surface area contributed by atoms with Gasteiger partial charge in [0.2, 0.25) is 0 Å².